The highest BCUT2D eigenvalue weighted by Crippen LogP contribution is 2.39. The number of carbonyl (C=O) groups excluding carboxylic acids is 1. The third kappa shape index (κ3) is 3.38. The van der Waals surface area contributed by atoms with Crippen molar-refractivity contribution < 1.29 is 9.18 Å². The molecule has 110 valence electrons. The zero-order valence-electron chi connectivity index (χ0n) is 12.4. The van der Waals surface area contributed by atoms with Gasteiger partial charge in [-0.25, -0.2) is 4.39 Å². The van der Waals surface area contributed by atoms with Crippen LogP contribution in [0.4, 0.5) is 10.1 Å². The molecule has 0 amide bonds. The van der Waals surface area contributed by atoms with Crippen molar-refractivity contribution >= 4 is 12.0 Å². The summed E-state index contributed by atoms with van der Waals surface area (Å²) < 4.78 is 13.4. The lowest BCUT2D eigenvalue weighted by Gasteiger charge is -2.40. The fourth-order valence-corrected chi connectivity index (χ4v) is 3.43. The van der Waals surface area contributed by atoms with Crippen molar-refractivity contribution in [1.29, 1.82) is 0 Å². The summed E-state index contributed by atoms with van der Waals surface area (Å²) in [5.41, 5.74) is 0.604. The Labute approximate surface area is 121 Å². The van der Waals surface area contributed by atoms with Crippen molar-refractivity contribution in [2.24, 2.45) is 11.3 Å². The average Bonchev–Trinajstić information content (AvgIpc) is 2.45. The normalized spacial score (nSPS) is 26.2. The number of anilines is 1. The molecule has 2 unspecified atom stereocenters. The molecule has 0 heterocycles. The maximum Gasteiger partial charge on any atom is 0.127 e. The predicted molar refractivity (Wildman–Crippen MR) is 80.4 cm³/mol. The first-order valence-corrected chi connectivity index (χ1v) is 7.55. The third-order valence-electron chi connectivity index (χ3n) is 4.44. The molecule has 1 aliphatic carbocycles. The van der Waals surface area contributed by atoms with Gasteiger partial charge in [-0.3, -0.25) is 0 Å². The SMILES string of the molecule is CCN(CC1(C=O)CCCC(C)C1)c1cccc(F)c1. The van der Waals surface area contributed by atoms with Crippen LogP contribution in [0.3, 0.4) is 0 Å². The van der Waals surface area contributed by atoms with Gasteiger partial charge in [0.1, 0.15) is 12.1 Å². The number of aldehydes is 1. The zero-order chi connectivity index (χ0) is 14.6. The Morgan fingerprint density at radius 2 is 2.30 bits per heavy atom. The van der Waals surface area contributed by atoms with Gasteiger partial charge in [-0.2, -0.15) is 0 Å². The minimum atomic E-state index is -0.264. The Morgan fingerprint density at radius 3 is 2.90 bits per heavy atom. The highest BCUT2D eigenvalue weighted by molar-refractivity contribution is 5.62. The second-order valence-corrected chi connectivity index (χ2v) is 6.18. The lowest BCUT2D eigenvalue weighted by Crippen LogP contribution is -2.42. The number of carbonyl (C=O) groups is 1. The lowest BCUT2D eigenvalue weighted by molar-refractivity contribution is -0.118. The van der Waals surface area contributed by atoms with Crippen molar-refractivity contribution in [2.45, 2.75) is 39.5 Å². The van der Waals surface area contributed by atoms with E-state index in [1.165, 1.54) is 12.5 Å². The number of rotatable bonds is 5. The van der Waals surface area contributed by atoms with E-state index in [-0.39, 0.29) is 11.2 Å². The molecule has 0 N–H and O–H groups in total. The van der Waals surface area contributed by atoms with Crippen LogP contribution in [0, 0.1) is 17.2 Å². The molecule has 0 saturated heterocycles. The van der Waals surface area contributed by atoms with Crippen LogP contribution in [-0.2, 0) is 4.79 Å². The molecule has 0 radical (unpaired) electrons. The predicted octanol–water partition coefficient (Wildman–Crippen LogP) is 4.05. The van der Waals surface area contributed by atoms with Crippen LogP contribution in [0.25, 0.3) is 0 Å². The van der Waals surface area contributed by atoms with Gasteiger partial charge in [-0.15, -0.1) is 0 Å². The maximum absolute atomic E-state index is 13.4. The van der Waals surface area contributed by atoms with Gasteiger partial charge in [0.15, 0.2) is 0 Å². The van der Waals surface area contributed by atoms with Gasteiger partial charge in [-0.05, 0) is 43.9 Å². The van der Waals surface area contributed by atoms with E-state index in [4.69, 9.17) is 0 Å². The van der Waals surface area contributed by atoms with E-state index in [2.05, 4.69) is 18.7 Å². The largest absolute Gasteiger partial charge is 0.371 e. The number of nitrogens with zero attached hydrogens (tertiary/aromatic N) is 1. The highest BCUT2D eigenvalue weighted by atomic mass is 19.1. The fraction of sp³-hybridized carbons (Fsp3) is 0.588. The van der Waals surface area contributed by atoms with Crippen LogP contribution in [0.15, 0.2) is 24.3 Å². The summed E-state index contributed by atoms with van der Waals surface area (Å²) in [5, 5.41) is 0. The quantitative estimate of drug-likeness (QED) is 0.757. The molecule has 1 aromatic carbocycles. The van der Waals surface area contributed by atoms with Gasteiger partial charge >= 0.3 is 0 Å². The minimum Gasteiger partial charge on any atom is -0.371 e. The fourth-order valence-electron chi connectivity index (χ4n) is 3.43. The first kappa shape index (κ1) is 15.0. The van der Waals surface area contributed by atoms with Crippen LogP contribution in [0.1, 0.15) is 39.5 Å². The first-order chi connectivity index (χ1) is 9.58. The standard InChI is InChI=1S/C17H24FNO/c1-3-19(16-8-4-7-15(18)10-16)12-17(13-20)9-5-6-14(2)11-17/h4,7-8,10,13-14H,3,5-6,9,11-12H2,1-2H3. The Hall–Kier alpha value is -1.38. The number of hydrogen-bond donors (Lipinski definition) is 0. The summed E-state index contributed by atoms with van der Waals surface area (Å²) in [4.78, 5) is 13.8. The van der Waals surface area contributed by atoms with Gasteiger partial charge in [0.25, 0.3) is 0 Å². The van der Waals surface area contributed by atoms with E-state index in [9.17, 15) is 9.18 Å². The summed E-state index contributed by atoms with van der Waals surface area (Å²) in [6.45, 7) is 5.75. The molecule has 0 aromatic heterocycles. The van der Waals surface area contributed by atoms with Crippen molar-refractivity contribution in [1.82, 2.24) is 0 Å². The molecule has 1 saturated carbocycles. The van der Waals surface area contributed by atoms with Gasteiger partial charge in [0.2, 0.25) is 0 Å². The molecule has 20 heavy (non-hydrogen) atoms. The van der Waals surface area contributed by atoms with E-state index in [0.29, 0.717) is 12.5 Å². The molecule has 3 heteroatoms. The van der Waals surface area contributed by atoms with Crippen LogP contribution in [0.5, 0.6) is 0 Å². The van der Waals surface area contributed by atoms with E-state index >= 15 is 0 Å². The van der Waals surface area contributed by atoms with Crippen LogP contribution in [0.2, 0.25) is 0 Å². The molecule has 1 fully saturated rings. The van der Waals surface area contributed by atoms with Gasteiger partial charge in [0.05, 0.1) is 0 Å². The molecular formula is C17H24FNO. The highest BCUT2D eigenvalue weighted by Gasteiger charge is 2.36. The summed E-state index contributed by atoms with van der Waals surface area (Å²) >= 11 is 0. The molecule has 2 rings (SSSR count). The molecule has 1 aliphatic rings. The van der Waals surface area contributed by atoms with Crippen LogP contribution < -0.4 is 4.90 Å². The van der Waals surface area contributed by atoms with Gasteiger partial charge < -0.3 is 9.69 Å². The number of halogens is 1. The van der Waals surface area contributed by atoms with E-state index < -0.39 is 0 Å². The van der Waals surface area contributed by atoms with E-state index in [1.807, 2.05) is 6.07 Å². The minimum absolute atomic E-state index is 0.224. The van der Waals surface area contributed by atoms with Gasteiger partial charge in [-0.1, -0.05) is 25.8 Å². The maximum atomic E-state index is 13.4. The van der Waals surface area contributed by atoms with Crippen LogP contribution in [-0.4, -0.2) is 19.4 Å². The molecule has 0 bridgehead atoms. The number of hydrogen-bond acceptors (Lipinski definition) is 2. The average molecular weight is 277 g/mol. The Bertz CT molecular complexity index is 462. The monoisotopic (exact) mass is 277 g/mol. The smallest absolute Gasteiger partial charge is 0.127 e. The molecule has 1 aromatic rings. The molecular weight excluding hydrogens is 253 g/mol. The Morgan fingerprint density at radius 1 is 1.50 bits per heavy atom. The summed E-state index contributed by atoms with van der Waals surface area (Å²) in [7, 11) is 0. The second-order valence-electron chi connectivity index (χ2n) is 6.18. The van der Waals surface area contributed by atoms with Crippen molar-refractivity contribution in [3.8, 4) is 0 Å². The summed E-state index contributed by atoms with van der Waals surface area (Å²) in [5.74, 6) is 0.373. The van der Waals surface area contributed by atoms with Crippen molar-refractivity contribution in [3.05, 3.63) is 30.1 Å². The second kappa shape index (κ2) is 6.38. The summed E-state index contributed by atoms with van der Waals surface area (Å²) in [6, 6.07) is 6.64. The third-order valence-corrected chi connectivity index (χ3v) is 4.44. The van der Waals surface area contributed by atoms with E-state index in [1.54, 1.807) is 12.1 Å². The zero-order valence-corrected chi connectivity index (χ0v) is 12.4. The van der Waals surface area contributed by atoms with Crippen molar-refractivity contribution in [2.75, 3.05) is 18.0 Å². The summed E-state index contributed by atoms with van der Waals surface area (Å²) in [6.07, 6.45) is 5.36. The topological polar surface area (TPSA) is 20.3 Å². The Balaban J connectivity index is 2.17. The lowest BCUT2D eigenvalue weighted by atomic mass is 9.70. The first-order valence-electron chi connectivity index (χ1n) is 7.55. The van der Waals surface area contributed by atoms with Crippen LogP contribution >= 0.6 is 0 Å². The van der Waals surface area contributed by atoms with E-state index in [0.717, 1.165) is 37.8 Å². The molecule has 0 spiro atoms. The van der Waals surface area contributed by atoms with Crippen molar-refractivity contribution in [3.63, 3.8) is 0 Å². The Kier molecular flexibility index (Phi) is 4.79. The van der Waals surface area contributed by atoms with Gasteiger partial charge in [0, 0.05) is 24.2 Å². The molecule has 2 nitrogen and oxygen atoms in total. The molecule has 0 aliphatic heterocycles. The molecule has 2 atom stereocenters. The number of benzene rings is 1.